The third kappa shape index (κ3) is 8.87. The molecule has 6 heteroatoms. The van der Waals surface area contributed by atoms with Gasteiger partial charge in [-0.25, -0.2) is 4.89 Å². The molecular weight excluding hydrogens is 264 g/mol. The van der Waals surface area contributed by atoms with Crippen molar-refractivity contribution in [3.05, 3.63) is 0 Å². The monoisotopic (exact) mass is 288 g/mol. The van der Waals surface area contributed by atoms with Crippen LogP contribution in [0.15, 0.2) is 0 Å². The predicted octanol–water partition coefficient (Wildman–Crippen LogP) is 2.80. The first-order valence-corrected chi connectivity index (χ1v) is 7.38. The number of ether oxygens (including phenoxy) is 1. The number of esters is 1. The van der Waals surface area contributed by atoms with Gasteiger partial charge >= 0.3 is 11.9 Å². The second-order valence-electron chi connectivity index (χ2n) is 5.02. The molecule has 0 saturated carbocycles. The van der Waals surface area contributed by atoms with Gasteiger partial charge in [0.2, 0.25) is 0 Å². The van der Waals surface area contributed by atoms with Gasteiger partial charge in [-0.3, -0.25) is 9.59 Å². The molecule has 0 radical (unpaired) electrons. The van der Waals surface area contributed by atoms with Crippen LogP contribution in [0.2, 0.25) is 0 Å². The molecular formula is C14H24O6. The molecule has 1 aliphatic heterocycles. The van der Waals surface area contributed by atoms with E-state index in [1.54, 1.807) is 0 Å². The van der Waals surface area contributed by atoms with E-state index in [4.69, 9.17) is 9.84 Å². The van der Waals surface area contributed by atoms with E-state index in [0.29, 0.717) is 13.0 Å². The summed E-state index contributed by atoms with van der Waals surface area (Å²) >= 11 is 0. The van der Waals surface area contributed by atoms with Crippen molar-refractivity contribution in [1.82, 2.24) is 0 Å². The van der Waals surface area contributed by atoms with Gasteiger partial charge in [-0.1, -0.05) is 38.5 Å². The van der Waals surface area contributed by atoms with Crippen LogP contribution in [0, 0.1) is 0 Å². The van der Waals surface area contributed by atoms with E-state index in [1.165, 1.54) is 0 Å². The Bertz CT molecular complexity index is 287. The zero-order valence-corrected chi connectivity index (χ0v) is 11.8. The third-order valence-electron chi connectivity index (χ3n) is 3.16. The van der Waals surface area contributed by atoms with Crippen LogP contribution in [0.25, 0.3) is 0 Å². The summed E-state index contributed by atoms with van der Waals surface area (Å²) in [7, 11) is 0. The molecule has 1 N–H and O–H groups in total. The van der Waals surface area contributed by atoms with E-state index in [1.807, 2.05) is 0 Å². The maximum atomic E-state index is 11.3. The molecule has 1 unspecified atom stereocenters. The van der Waals surface area contributed by atoms with Crippen molar-refractivity contribution in [2.45, 2.75) is 70.5 Å². The van der Waals surface area contributed by atoms with Crippen LogP contribution >= 0.6 is 0 Å². The number of unbranched alkanes of at least 4 members (excludes halogenated alkanes) is 7. The molecule has 0 aromatic heterocycles. The highest BCUT2D eigenvalue weighted by molar-refractivity contribution is 5.69. The average molecular weight is 288 g/mol. The molecule has 1 rings (SSSR count). The van der Waals surface area contributed by atoms with Crippen LogP contribution in [0.5, 0.6) is 0 Å². The van der Waals surface area contributed by atoms with E-state index in [9.17, 15) is 9.59 Å². The summed E-state index contributed by atoms with van der Waals surface area (Å²) in [6.07, 6.45) is 8.29. The van der Waals surface area contributed by atoms with Gasteiger partial charge in [0.15, 0.2) is 0 Å². The number of carboxylic acids is 1. The summed E-state index contributed by atoms with van der Waals surface area (Å²) in [5.41, 5.74) is 0. The van der Waals surface area contributed by atoms with Crippen molar-refractivity contribution >= 4 is 11.9 Å². The zero-order chi connectivity index (χ0) is 14.6. The number of carbonyl (C=O) groups excluding carboxylic acids is 1. The summed E-state index contributed by atoms with van der Waals surface area (Å²) < 4.78 is 4.94. The number of rotatable bonds is 12. The van der Waals surface area contributed by atoms with Gasteiger partial charge in [0, 0.05) is 12.8 Å². The Morgan fingerprint density at radius 1 is 0.950 bits per heavy atom. The van der Waals surface area contributed by atoms with Crippen molar-refractivity contribution in [3.63, 3.8) is 0 Å². The maximum absolute atomic E-state index is 11.3. The zero-order valence-electron chi connectivity index (χ0n) is 11.8. The molecule has 1 saturated heterocycles. The lowest BCUT2D eigenvalue weighted by molar-refractivity contribution is -0.473. The Balaban J connectivity index is 1.75. The summed E-state index contributed by atoms with van der Waals surface area (Å²) in [5.74, 6) is -0.942. The van der Waals surface area contributed by atoms with E-state index in [-0.39, 0.29) is 12.4 Å². The smallest absolute Gasteiger partial charge is 0.308 e. The lowest BCUT2D eigenvalue weighted by Gasteiger charge is -2.23. The minimum absolute atomic E-state index is 0.230. The summed E-state index contributed by atoms with van der Waals surface area (Å²) in [4.78, 5) is 30.6. The van der Waals surface area contributed by atoms with Crippen LogP contribution in [-0.2, 0) is 24.1 Å². The molecule has 0 spiro atoms. The third-order valence-corrected chi connectivity index (χ3v) is 3.16. The molecule has 1 atom stereocenters. The first-order valence-electron chi connectivity index (χ1n) is 7.38. The minimum Gasteiger partial charge on any atom is -0.481 e. The van der Waals surface area contributed by atoms with Gasteiger partial charge in [-0.15, -0.1) is 0 Å². The molecule has 1 fully saturated rings. The van der Waals surface area contributed by atoms with Crippen LogP contribution in [0.1, 0.15) is 64.2 Å². The van der Waals surface area contributed by atoms with Crippen LogP contribution < -0.4 is 0 Å². The minimum atomic E-state index is -0.712. The van der Waals surface area contributed by atoms with Crippen LogP contribution in [0.4, 0.5) is 0 Å². The van der Waals surface area contributed by atoms with E-state index < -0.39 is 12.3 Å². The van der Waals surface area contributed by atoms with Crippen molar-refractivity contribution < 1.29 is 29.2 Å². The number of carboxylic acid groups (broad SMARTS) is 1. The summed E-state index contributed by atoms with van der Waals surface area (Å²) in [6.45, 7) is 0.327. The second kappa shape index (κ2) is 10.6. The summed E-state index contributed by atoms with van der Waals surface area (Å²) in [5, 5.41) is 8.48. The molecule has 6 nitrogen and oxygen atoms in total. The quantitative estimate of drug-likeness (QED) is 0.338. The van der Waals surface area contributed by atoms with E-state index >= 15 is 0 Å². The predicted molar refractivity (Wildman–Crippen MR) is 70.7 cm³/mol. The first kappa shape index (κ1) is 16.9. The molecule has 0 amide bonds. The molecule has 116 valence electrons. The van der Waals surface area contributed by atoms with Gasteiger partial charge in [0.25, 0.3) is 6.29 Å². The van der Waals surface area contributed by atoms with E-state index in [0.717, 1.165) is 51.4 Å². The second-order valence-corrected chi connectivity index (χ2v) is 5.02. The molecule has 20 heavy (non-hydrogen) atoms. The SMILES string of the molecule is O=C(O)CCCCCCCCCCC(=O)OC1COO1. The van der Waals surface area contributed by atoms with Crippen molar-refractivity contribution in [3.8, 4) is 0 Å². The lowest BCUT2D eigenvalue weighted by Crippen LogP contribution is -2.35. The normalized spacial score (nSPS) is 17.5. The topological polar surface area (TPSA) is 82.1 Å². The number of aliphatic carboxylic acids is 1. The Kier molecular flexibility index (Phi) is 8.98. The Hall–Kier alpha value is -1.14. The Morgan fingerprint density at radius 2 is 1.45 bits per heavy atom. The van der Waals surface area contributed by atoms with Gasteiger partial charge in [-0.2, -0.15) is 4.89 Å². The highest BCUT2D eigenvalue weighted by Gasteiger charge is 2.24. The fourth-order valence-corrected chi connectivity index (χ4v) is 1.99. The lowest BCUT2D eigenvalue weighted by atomic mass is 10.1. The Morgan fingerprint density at radius 3 is 1.90 bits per heavy atom. The highest BCUT2D eigenvalue weighted by atomic mass is 17.3. The van der Waals surface area contributed by atoms with Gasteiger partial charge in [-0.05, 0) is 12.8 Å². The molecule has 1 heterocycles. The van der Waals surface area contributed by atoms with Crippen LogP contribution in [-0.4, -0.2) is 29.9 Å². The van der Waals surface area contributed by atoms with Crippen molar-refractivity contribution in [1.29, 1.82) is 0 Å². The molecule has 0 aromatic carbocycles. The number of hydrogen-bond acceptors (Lipinski definition) is 5. The fourth-order valence-electron chi connectivity index (χ4n) is 1.99. The Labute approximate surface area is 119 Å². The molecule has 0 aliphatic carbocycles. The largest absolute Gasteiger partial charge is 0.481 e. The molecule has 1 aliphatic rings. The van der Waals surface area contributed by atoms with Crippen LogP contribution in [0.3, 0.4) is 0 Å². The van der Waals surface area contributed by atoms with Gasteiger partial charge in [0.1, 0.15) is 6.61 Å². The standard InChI is InChI=1S/C14H24O6/c15-12(16)9-7-5-3-1-2-4-6-8-10-13(17)19-14-11-18-20-14/h14H,1-11H2,(H,15,16). The summed E-state index contributed by atoms with van der Waals surface area (Å²) in [6, 6.07) is 0. The number of carbonyl (C=O) groups is 2. The number of hydrogen-bond donors (Lipinski definition) is 1. The molecule has 0 aromatic rings. The molecule has 0 bridgehead atoms. The van der Waals surface area contributed by atoms with Gasteiger partial charge < -0.3 is 9.84 Å². The van der Waals surface area contributed by atoms with Gasteiger partial charge in [0.05, 0.1) is 0 Å². The first-order chi connectivity index (χ1) is 9.68. The fraction of sp³-hybridized carbons (Fsp3) is 0.857. The van der Waals surface area contributed by atoms with Crippen molar-refractivity contribution in [2.75, 3.05) is 6.61 Å². The van der Waals surface area contributed by atoms with Crippen molar-refractivity contribution in [2.24, 2.45) is 0 Å². The van der Waals surface area contributed by atoms with E-state index in [2.05, 4.69) is 9.78 Å². The maximum Gasteiger partial charge on any atom is 0.308 e. The highest BCUT2D eigenvalue weighted by Crippen LogP contribution is 2.13. The average Bonchev–Trinajstić information content (AvgIpc) is 2.36.